The fraction of sp³-hybridized carbons (Fsp3) is 0.318. The third-order valence-corrected chi connectivity index (χ3v) is 6.50. The Morgan fingerprint density at radius 2 is 1.96 bits per heavy atom. The van der Waals surface area contributed by atoms with Gasteiger partial charge in [0.05, 0.1) is 6.04 Å². The van der Waals surface area contributed by atoms with Crippen molar-refractivity contribution in [2.45, 2.75) is 38.3 Å². The first kappa shape index (κ1) is 17.3. The average Bonchev–Trinajstić information content (AvgIpc) is 3.08. The first-order valence-electron chi connectivity index (χ1n) is 9.17. The molecule has 1 aliphatic heterocycles. The molecule has 1 aromatic heterocycles. The molecule has 4 rings (SSSR count). The molecule has 2 unspecified atom stereocenters. The maximum atomic E-state index is 12.0. The lowest BCUT2D eigenvalue weighted by Crippen LogP contribution is -2.46. The molecule has 0 amide bonds. The third-order valence-electron chi connectivity index (χ3n) is 5.43. The normalized spacial score (nSPS) is 19.5. The van der Waals surface area contributed by atoms with Crippen LogP contribution in [-0.2, 0) is 4.79 Å². The van der Waals surface area contributed by atoms with E-state index in [1.54, 1.807) is 11.3 Å². The van der Waals surface area contributed by atoms with Gasteiger partial charge < -0.3 is 5.11 Å². The SMILES string of the molecule is Cc1ccsc1C(c1cccc2ccccc12)N1CCCCC1C(=O)O. The van der Waals surface area contributed by atoms with Crippen LogP contribution in [0.1, 0.15) is 41.3 Å². The molecule has 3 nitrogen and oxygen atoms in total. The smallest absolute Gasteiger partial charge is 0.320 e. The molecule has 2 heterocycles. The van der Waals surface area contributed by atoms with Crippen molar-refractivity contribution in [1.82, 2.24) is 4.90 Å². The molecule has 0 radical (unpaired) electrons. The van der Waals surface area contributed by atoms with Crippen molar-refractivity contribution in [2.75, 3.05) is 6.54 Å². The third kappa shape index (κ3) is 3.04. The standard InChI is InChI=1S/C22H23NO2S/c1-15-12-14-26-21(15)20(23-13-5-4-11-19(23)22(24)25)18-10-6-8-16-7-2-3-9-17(16)18/h2-3,6-10,12,14,19-20H,4-5,11,13H2,1H3,(H,24,25). The van der Waals surface area contributed by atoms with Crippen LogP contribution in [0.2, 0.25) is 0 Å². The van der Waals surface area contributed by atoms with Gasteiger partial charge in [-0.2, -0.15) is 0 Å². The number of aryl methyl sites for hydroxylation is 1. The van der Waals surface area contributed by atoms with Gasteiger partial charge in [0.2, 0.25) is 0 Å². The highest BCUT2D eigenvalue weighted by Crippen LogP contribution is 2.40. The number of aliphatic carboxylic acids is 1. The average molecular weight is 365 g/mol. The predicted octanol–water partition coefficient (Wildman–Crippen LogP) is 5.24. The van der Waals surface area contributed by atoms with E-state index >= 15 is 0 Å². The summed E-state index contributed by atoms with van der Waals surface area (Å²) in [6.07, 6.45) is 2.76. The number of piperidine rings is 1. The fourth-order valence-corrected chi connectivity index (χ4v) is 5.22. The van der Waals surface area contributed by atoms with Crippen molar-refractivity contribution >= 4 is 28.1 Å². The van der Waals surface area contributed by atoms with E-state index in [0.717, 1.165) is 25.8 Å². The number of rotatable bonds is 4. The molecule has 26 heavy (non-hydrogen) atoms. The number of hydrogen-bond donors (Lipinski definition) is 1. The van der Waals surface area contributed by atoms with E-state index in [1.165, 1.54) is 26.8 Å². The lowest BCUT2D eigenvalue weighted by molar-refractivity contribution is -0.145. The summed E-state index contributed by atoms with van der Waals surface area (Å²) >= 11 is 1.73. The quantitative estimate of drug-likeness (QED) is 0.687. The summed E-state index contributed by atoms with van der Waals surface area (Å²) in [5.41, 5.74) is 2.45. The number of benzene rings is 2. The Morgan fingerprint density at radius 3 is 2.73 bits per heavy atom. The molecule has 3 aromatic rings. The monoisotopic (exact) mass is 365 g/mol. The maximum Gasteiger partial charge on any atom is 0.320 e. The molecule has 2 aromatic carbocycles. The van der Waals surface area contributed by atoms with Gasteiger partial charge >= 0.3 is 5.97 Å². The number of hydrogen-bond acceptors (Lipinski definition) is 3. The van der Waals surface area contributed by atoms with Crippen LogP contribution in [0.3, 0.4) is 0 Å². The number of carboxylic acids is 1. The molecular formula is C22H23NO2S. The lowest BCUT2D eigenvalue weighted by atomic mass is 9.91. The number of nitrogens with zero attached hydrogens (tertiary/aromatic N) is 1. The molecule has 2 atom stereocenters. The van der Waals surface area contributed by atoms with Crippen molar-refractivity contribution in [2.24, 2.45) is 0 Å². The molecule has 1 fully saturated rings. The molecule has 0 aliphatic carbocycles. The van der Waals surface area contributed by atoms with Crippen molar-refractivity contribution in [3.8, 4) is 0 Å². The zero-order chi connectivity index (χ0) is 18.1. The largest absolute Gasteiger partial charge is 0.480 e. The van der Waals surface area contributed by atoms with Gasteiger partial charge in [-0.3, -0.25) is 9.69 Å². The summed E-state index contributed by atoms with van der Waals surface area (Å²) < 4.78 is 0. The van der Waals surface area contributed by atoms with Gasteiger partial charge in [-0.15, -0.1) is 11.3 Å². The number of carboxylic acid groups (broad SMARTS) is 1. The van der Waals surface area contributed by atoms with E-state index in [9.17, 15) is 9.90 Å². The van der Waals surface area contributed by atoms with E-state index in [2.05, 4.69) is 65.7 Å². The van der Waals surface area contributed by atoms with Crippen molar-refractivity contribution in [3.05, 3.63) is 69.9 Å². The van der Waals surface area contributed by atoms with E-state index in [0.29, 0.717) is 0 Å². The van der Waals surface area contributed by atoms with Crippen molar-refractivity contribution in [3.63, 3.8) is 0 Å². The van der Waals surface area contributed by atoms with Gasteiger partial charge in [0, 0.05) is 4.88 Å². The van der Waals surface area contributed by atoms with Crippen LogP contribution in [0, 0.1) is 6.92 Å². The summed E-state index contributed by atoms with van der Waals surface area (Å²) in [5.74, 6) is -0.704. The van der Waals surface area contributed by atoms with Gasteiger partial charge in [-0.1, -0.05) is 48.9 Å². The molecule has 0 bridgehead atoms. The minimum absolute atomic E-state index is 0.0116. The van der Waals surface area contributed by atoms with Crippen LogP contribution in [0.5, 0.6) is 0 Å². The topological polar surface area (TPSA) is 40.5 Å². The molecule has 1 saturated heterocycles. The van der Waals surface area contributed by atoms with Gasteiger partial charge in [-0.05, 0) is 59.7 Å². The molecular weight excluding hydrogens is 342 g/mol. The first-order chi connectivity index (χ1) is 12.7. The van der Waals surface area contributed by atoms with E-state index in [1.807, 2.05) is 0 Å². The molecule has 134 valence electrons. The van der Waals surface area contributed by atoms with Gasteiger partial charge in [-0.25, -0.2) is 0 Å². The number of thiophene rings is 1. The second-order valence-electron chi connectivity index (χ2n) is 7.03. The Morgan fingerprint density at radius 1 is 1.15 bits per heavy atom. The Hall–Kier alpha value is -2.17. The zero-order valence-corrected chi connectivity index (χ0v) is 15.7. The molecule has 4 heteroatoms. The summed E-state index contributed by atoms with van der Waals surface area (Å²) in [6, 6.07) is 16.5. The zero-order valence-electron chi connectivity index (χ0n) is 14.9. The number of carbonyl (C=O) groups is 1. The Balaban J connectivity index is 1.91. The molecule has 0 spiro atoms. The van der Waals surface area contributed by atoms with E-state index in [-0.39, 0.29) is 6.04 Å². The lowest BCUT2D eigenvalue weighted by Gasteiger charge is -2.39. The molecule has 1 aliphatic rings. The van der Waals surface area contributed by atoms with Crippen LogP contribution in [0.4, 0.5) is 0 Å². The summed E-state index contributed by atoms with van der Waals surface area (Å²) in [6.45, 7) is 2.95. The molecule has 0 saturated carbocycles. The van der Waals surface area contributed by atoms with Crippen molar-refractivity contribution < 1.29 is 9.90 Å². The second kappa shape index (κ2) is 7.22. The highest BCUT2D eigenvalue weighted by Gasteiger charge is 2.36. The summed E-state index contributed by atoms with van der Waals surface area (Å²) in [4.78, 5) is 15.5. The van der Waals surface area contributed by atoms with Crippen LogP contribution < -0.4 is 0 Å². The van der Waals surface area contributed by atoms with Gasteiger partial charge in [0.25, 0.3) is 0 Å². The summed E-state index contributed by atoms with van der Waals surface area (Å²) in [5, 5.41) is 14.4. The minimum atomic E-state index is -0.704. The molecule has 1 N–H and O–H groups in total. The second-order valence-corrected chi connectivity index (χ2v) is 7.97. The van der Waals surface area contributed by atoms with Crippen LogP contribution in [0.25, 0.3) is 10.8 Å². The van der Waals surface area contributed by atoms with Crippen LogP contribution in [-0.4, -0.2) is 28.6 Å². The van der Waals surface area contributed by atoms with Gasteiger partial charge in [0.15, 0.2) is 0 Å². The highest BCUT2D eigenvalue weighted by atomic mass is 32.1. The minimum Gasteiger partial charge on any atom is -0.480 e. The predicted molar refractivity (Wildman–Crippen MR) is 107 cm³/mol. The maximum absolute atomic E-state index is 12.0. The Labute approximate surface area is 157 Å². The number of fused-ring (bicyclic) bond motifs is 1. The Kier molecular flexibility index (Phi) is 4.79. The Bertz CT molecular complexity index is 927. The number of likely N-dealkylation sites (tertiary alicyclic amines) is 1. The van der Waals surface area contributed by atoms with Gasteiger partial charge in [0.1, 0.15) is 6.04 Å². The highest BCUT2D eigenvalue weighted by molar-refractivity contribution is 7.10. The van der Waals surface area contributed by atoms with E-state index < -0.39 is 12.0 Å². The van der Waals surface area contributed by atoms with Crippen LogP contribution in [0.15, 0.2) is 53.9 Å². The summed E-state index contributed by atoms with van der Waals surface area (Å²) in [7, 11) is 0. The van der Waals surface area contributed by atoms with E-state index in [4.69, 9.17) is 0 Å². The fourth-order valence-electron chi connectivity index (χ4n) is 4.15. The van der Waals surface area contributed by atoms with Crippen molar-refractivity contribution in [1.29, 1.82) is 0 Å². The van der Waals surface area contributed by atoms with Crippen LogP contribution >= 0.6 is 11.3 Å². The first-order valence-corrected chi connectivity index (χ1v) is 10.0.